The molecule has 2 fully saturated rings. The number of fused-ring (bicyclic) bond motifs is 1. The fourth-order valence-electron chi connectivity index (χ4n) is 5.07. The van der Waals surface area contributed by atoms with E-state index >= 15 is 0 Å². The van der Waals surface area contributed by atoms with Crippen molar-refractivity contribution in [3.8, 4) is 0 Å². The number of alkyl halides is 3. The van der Waals surface area contributed by atoms with Gasteiger partial charge in [-0.15, -0.1) is 0 Å². The third-order valence-corrected chi connectivity index (χ3v) is 8.45. The number of aromatic amines is 1. The lowest BCUT2D eigenvalue weighted by atomic mass is 9.76. The van der Waals surface area contributed by atoms with Gasteiger partial charge in [-0.05, 0) is 99.2 Å². The number of aromatic nitrogens is 2. The summed E-state index contributed by atoms with van der Waals surface area (Å²) in [4.78, 5) is 40.7. The molecular weight excluding hydrogens is 593 g/mol. The highest BCUT2D eigenvalue weighted by Gasteiger charge is 2.47. The molecule has 1 aromatic heterocycles. The zero-order chi connectivity index (χ0) is 30.4. The maximum Gasteiger partial charge on any atom is 0.416 e. The number of nitrogens with one attached hydrogen (secondary N) is 2. The number of rotatable bonds is 6. The molecule has 222 valence electrons. The fourth-order valence-corrected chi connectivity index (χ4v) is 6.18. The molecule has 0 bridgehead atoms. The molecule has 42 heavy (non-hydrogen) atoms. The highest BCUT2D eigenvalue weighted by molar-refractivity contribution is 8.18. The maximum atomic E-state index is 14.0. The monoisotopic (exact) mass is 620 g/mol. The van der Waals surface area contributed by atoms with E-state index in [4.69, 9.17) is 16.3 Å². The Labute approximate surface area is 249 Å². The number of nitrogens with zero attached hydrogens (tertiary/aromatic N) is 2. The highest BCUT2D eigenvalue weighted by Crippen LogP contribution is 2.43. The predicted molar refractivity (Wildman–Crippen MR) is 154 cm³/mol. The first-order chi connectivity index (χ1) is 19.6. The Morgan fingerprint density at radius 1 is 1.17 bits per heavy atom. The van der Waals surface area contributed by atoms with E-state index in [1.165, 1.54) is 12.1 Å². The summed E-state index contributed by atoms with van der Waals surface area (Å²) < 4.78 is 47.4. The average molecular weight is 621 g/mol. The molecule has 0 radical (unpaired) electrons. The Morgan fingerprint density at radius 3 is 2.55 bits per heavy atom. The van der Waals surface area contributed by atoms with Crippen LogP contribution in [0.5, 0.6) is 0 Å². The molecular formula is C29H28ClF3N4O4S. The Hall–Kier alpha value is -3.51. The summed E-state index contributed by atoms with van der Waals surface area (Å²) in [7, 11) is 0. The summed E-state index contributed by atoms with van der Waals surface area (Å²) in [6.45, 7) is 5.11. The standard InChI is InChI=1S/C29H28ClF3N4O4S/c1-27(2,3)41-25(39)35-28(9-4-10-28)15-37-24(38)23(42-26(37)40)20(16-6-8-22-18(11-16)14-34-36-22)12-17-5-7-19(30)13-21(17)29(31,32)33/h5-8,11,13-14H,4,9-10,12,15H2,1-3H3,(H,34,36)(H,35,39). The number of carbonyl (C=O) groups excluding carboxylic acids is 3. The van der Waals surface area contributed by atoms with Gasteiger partial charge >= 0.3 is 12.3 Å². The van der Waals surface area contributed by atoms with Crippen LogP contribution in [0.25, 0.3) is 16.5 Å². The number of hydrogen-bond donors (Lipinski definition) is 2. The topological polar surface area (TPSA) is 104 Å². The van der Waals surface area contributed by atoms with E-state index in [0.717, 1.165) is 17.4 Å². The second-order valence-electron chi connectivity index (χ2n) is 11.5. The minimum atomic E-state index is -4.69. The molecule has 13 heteroatoms. The van der Waals surface area contributed by atoms with Crippen molar-refractivity contribution >= 4 is 57.1 Å². The third-order valence-electron chi connectivity index (χ3n) is 7.19. The lowest BCUT2D eigenvalue weighted by Gasteiger charge is -2.44. The van der Waals surface area contributed by atoms with E-state index in [2.05, 4.69) is 15.5 Å². The minimum absolute atomic E-state index is 0.0256. The summed E-state index contributed by atoms with van der Waals surface area (Å²) in [6, 6.07) is 8.58. The smallest absolute Gasteiger partial charge is 0.416 e. The van der Waals surface area contributed by atoms with Crippen LogP contribution < -0.4 is 5.32 Å². The molecule has 1 aliphatic carbocycles. The lowest BCUT2D eigenvalue weighted by Crippen LogP contribution is -2.61. The zero-order valence-corrected chi connectivity index (χ0v) is 24.6. The summed E-state index contributed by atoms with van der Waals surface area (Å²) in [5.41, 5.74) is -1.16. The lowest BCUT2D eigenvalue weighted by molar-refractivity contribution is -0.138. The van der Waals surface area contributed by atoms with Gasteiger partial charge in [-0.1, -0.05) is 23.7 Å². The second-order valence-corrected chi connectivity index (χ2v) is 12.9. The molecule has 2 aromatic carbocycles. The van der Waals surface area contributed by atoms with E-state index in [-0.39, 0.29) is 34.0 Å². The fraction of sp³-hybridized carbons (Fsp3) is 0.379. The van der Waals surface area contributed by atoms with Crippen LogP contribution in [0.2, 0.25) is 5.02 Å². The van der Waals surface area contributed by atoms with Crippen LogP contribution in [0.4, 0.5) is 22.8 Å². The number of amides is 3. The van der Waals surface area contributed by atoms with Gasteiger partial charge in [0.15, 0.2) is 0 Å². The van der Waals surface area contributed by atoms with Gasteiger partial charge in [-0.2, -0.15) is 18.3 Å². The van der Waals surface area contributed by atoms with Crippen molar-refractivity contribution in [1.29, 1.82) is 0 Å². The Balaban J connectivity index is 1.53. The van der Waals surface area contributed by atoms with E-state index in [9.17, 15) is 27.6 Å². The van der Waals surface area contributed by atoms with Crippen LogP contribution >= 0.6 is 23.4 Å². The number of carbonyl (C=O) groups is 3. The molecule has 5 rings (SSSR count). The Bertz CT molecular complexity index is 1610. The number of alkyl carbamates (subject to hydrolysis) is 1. The van der Waals surface area contributed by atoms with E-state index in [0.29, 0.717) is 41.1 Å². The van der Waals surface area contributed by atoms with Gasteiger partial charge in [0, 0.05) is 10.4 Å². The molecule has 0 unspecified atom stereocenters. The number of hydrogen-bond acceptors (Lipinski definition) is 6. The first-order valence-electron chi connectivity index (χ1n) is 13.2. The number of allylic oxidation sites excluding steroid dienone is 1. The first-order valence-corrected chi connectivity index (χ1v) is 14.4. The van der Waals surface area contributed by atoms with Crippen molar-refractivity contribution < 1.29 is 32.3 Å². The van der Waals surface area contributed by atoms with Gasteiger partial charge in [0.1, 0.15) is 5.60 Å². The molecule has 1 aliphatic heterocycles. The normalized spacial score (nSPS) is 18.3. The van der Waals surface area contributed by atoms with Crippen LogP contribution in [-0.2, 0) is 22.1 Å². The maximum absolute atomic E-state index is 14.0. The highest BCUT2D eigenvalue weighted by atomic mass is 35.5. The van der Waals surface area contributed by atoms with Crippen molar-refractivity contribution in [3.05, 3.63) is 69.2 Å². The van der Waals surface area contributed by atoms with Crippen molar-refractivity contribution in [1.82, 2.24) is 20.4 Å². The van der Waals surface area contributed by atoms with Crippen LogP contribution in [0.3, 0.4) is 0 Å². The number of benzene rings is 2. The third kappa shape index (κ3) is 6.29. The summed E-state index contributed by atoms with van der Waals surface area (Å²) >= 11 is 6.57. The first kappa shape index (κ1) is 30.0. The van der Waals surface area contributed by atoms with E-state index in [1.807, 2.05) is 0 Å². The van der Waals surface area contributed by atoms with Crippen LogP contribution in [0.15, 0.2) is 47.5 Å². The molecule has 0 spiro atoms. The quantitative estimate of drug-likeness (QED) is 0.280. The molecule has 2 aliphatic rings. The largest absolute Gasteiger partial charge is 0.444 e. The van der Waals surface area contributed by atoms with Crippen molar-refractivity contribution in [3.63, 3.8) is 0 Å². The number of H-pyrrole nitrogens is 1. The molecule has 1 saturated heterocycles. The van der Waals surface area contributed by atoms with Crippen molar-refractivity contribution in [2.24, 2.45) is 0 Å². The molecule has 1 saturated carbocycles. The van der Waals surface area contributed by atoms with Crippen molar-refractivity contribution in [2.45, 2.75) is 63.8 Å². The predicted octanol–water partition coefficient (Wildman–Crippen LogP) is 7.33. The van der Waals surface area contributed by atoms with Gasteiger partial charge in [-0.25, -0.2) is 4.79 Å². The van der Waals surface area contributed by atoms with Gasteiger partial charge in [0.2, 0.25) is 0 Å². The molecule has 2 N–H and O–H groups in total. The Morgan fingerprint density at radius 2 is 1.90 bits per heavy atom. The number of halogens is 4. The van der Waals surface area contributed by atoms with E-state index < -0.39 is 40.1 Å². The summed E-state index contributed by atoms with van der Waals surface area (Å²) in [5.74, 6) is -0.632. The van der Waals surface area contributed by atoms with Crippen molar-refractivity contribution in [2.75, 3.05) is 6.54 Å². The average Bonchev–Trinajstić information content (AvgIpc) is 3.44. The number of thioether (sulfide) groups is 1. The molecule has 0 atom stereocenters. The molecule has 8 nitrogen and oxygen atoms in total. The van der Waals surface area contributed by atoms with Crippen LogP contribution in [0.1, 0.15) is 56.7 Å². The van der Waals surface area contributed by atoms with Crippen LogP contribution in [0, 0.1) is 0 Å². The summed E-state index contributed by atoms with van der Waals surface area (Å²) in [6.07, 6.45) is -2.20. The van der Waals surface area contributed by atoms with Gasteiger partial charge in [-0.3, -0.25) is 19.6 Å². The number of imide groups is 1. The van der Waals surface area contributed by atoms with Gasteiger partial charge in [0.05, 0.1) is 34.3 Å². The number of ether oxygens (including phenoxy) is 1. The second kappa shape index (κ2) is 11.0. The van der Waals surface area contributed by atoms with Crippen LogP contribution in [-0.4, -0.2) is 50.0 Å². The Kier molecular flexibility index (Phi) is 7.82. The molecule has 2 heterocycles. The molecule has 3 aromatic rings. The zero-order valence-electron chi connectivity index (χ0n) is 23.0. The SMILES string of the molecule is CC(C)(C)OC(=O)NC1(CN2C(=O)SC(=C(Cc3ccc(Cl)cc3C(F)(F)F)c3ccc4[nH]ncc4c3)C2=O)CCC1. The van der Waals surface area contributed by atoms with E-state index in [1.54, 1.807) is 45.2 Å². The minimum Gasteiger partial charge on any atom is -0.444 e. The van der Waals surface area contributed by atoms with Gasteiger partial charge < -0.3 is 10.1 Å². The molecule has 3 amide bonds. The summed E-state index contributed by atoms with van der Waals surface area (Å²) in [5, 5.41) is 9.70. The van der Waals surface area contributed by atoms with Gasteiger partial charge in [0.25, 0.3) is 11.1 Å².